The van der Waals surface area contributed by atoms with Crippen LogP contribution in [0.5, 0.6) is 0 Å². The number of hydrogen-bond acceptors (Lipinski definition) is 2. The van der Waals surface area contributed by atoms with Crippen molar-refractivity contribution in [1.29, 1.82) is 0 Å². The lowest BCUT2D eigenvalue weighted by atomic mass is 10.1. The van der Waals surface area contributed by atoms with Crippen LogP contribution in [0.25, 0.3) is 11.1 Å². The van der Waals surface area contributed by atoms with Gasteiger partial charge in [-0.1, -0.05) is 41.9 Å². The summed E-state index contributed by atoms with van der Waals surface area (Å²) in [5, 5.41) is 0.241. The SMILES string of the molecule is Clc1ccc2oc(C(Cl)c3ccccc3)nc2c1. The van der Waals surface area contributed by atoms with Crippen molar-refractivity contribution in [3.8, 4) is 0 Å². The van der Waals surface area contributed by atoms with E-state index in [0.717, 1.165) is 11.1 Å². The number of aromatic nitrogens is 1. The summed E-state index contributed by atoms with van der Waals surface area (Å²) in [6.07, 6.45) is 0. The molecule has 0 radical (unpaired) electrons. The van der Waals surface area contributed by atoms with Crippen molar-refractivity contribution in [3.05, 3.63) is 65.0 Å². The number of rotatable bonds is 2. The fourth-order valence-electron chi connectivity index (χ4n) is 1.79. The van der Waals surface area contributed by atoms with Crippen molar-refractivity contribution in [2.75, 3.05) is 0 Å². The molecule has 0 bridgehead atoms. The predicted molar refractivity (Wildman–Crippen MR) is 73.2 cm³/mol. The minimum absolute atomic E-state index is 0.391. The number of oxazole rings is 1. The van der Waals surface area contributed by atoms with Crippen molar-refractivity contribution in [2.45, 2.75) is 5.38 Å². The summed E-state index contributed by atoms with van der Waals surface area (Å²) >= 11 is 12.3. The Balaban J connectivity index is 2.04. The second-order valence-corrected chi connectivity index (χ2v) is 4.81. The van der Waals surface area contributed by atoms with E-state index >= 15 is 0 Å². The van der Waals surface area contributed by atoms with E-state index in [9.17, 15) is 0 Å². The maximum absolute atomic E-state index is 6.35. The van der Waals surface area contributed by atoms with E-state index in [1.807, 2.05) is 30.3 Å². The van der Waals surface area contributed by atoms with Crippen LogP contribution in [0, 0.1) is 0 Å². The van der Waals surface area contributed by atoms with E-state index in [0.29, 0.717) is 16.5 Å². The van der Waals surface area contributed by atoms with Crippen LogP contribution in [0.1, 0.15) is 16.8 Å². The summed E-state index contributed by atoms with van der Waals surface area (Å²) in [4.78, 5) is 4.37. The predicted octanol–water partition coefficient (Wildman–Crippen LogP) is 4.81. The Bertz CT molecular complexity index is 679. The maximum Gasteiger partial charge on any atom is 0.218 e. The van der Waals surface area contributed by atoms with Crippen LogP contribution in [0.3, 0.4) is 0 Å². The first-order valence-corrected chi connectivity index (χ1v) is 6.30. The van der Waals surface area contributed by atoms with Gasteiger partial charge in [-0.3, -0.25) is 0 Å². The molecule has 2 aromatic carbocycles. The van der Waals surface area contributed by atoms with E-state index in [1.54, 1.807) is 18.2 Å². The van der Waals surface area contributed by atoms with Crippen LogP contribution in [0.4, 0.5) is 0 Å². The molecule has 0 aliphatic heterocycles. The van der Waals surface area contributed by atoms with Crippen LogP contribution in [0.2, 0.25) is 5.02 Å². The third-order valence-electron chi connectivity index (χ3n) is 2.68. The standard InChI is InChI=1S/C14H9Cl2NO/c15-10-6-7-12-11(8-10)17-14(18-12)13(16)9-4-2-1-3-5-9/h1-8,13H. The van der Waals surface area contributed by atoms with E-state index in [4.69, 9.17) is 27.6 Å². The molecule has 1 unspecified atom stereocenters. The number of fused-ring (bicyclic) bond motifs is 1. The summed E-state index contributed by atoms with van der Waals surface area (Å²) in [7, 11) is 0. The molecule has 1 aromatic heterocycles. The molecule has 90 valence electrons. The maximum atomic E-state index is 6.35. The van der Waals surface area contributed by atoms with Gasteiger partial charge in [-0.15, -0.1) is 11.6 Å². The first-order valence-electron chi connectivity index (χ1n) is 5.49. The molecule has 0 amide bonds. The lowest BCUT2D eigenvalue weighted by molar-refractivity contribution is 0.538. The summed E-state index contributed by atoms with van der Waals surface area (Å²) in [5.74, 6) is 0.486. The van der Waals surface area contributed by atoms with E-state index in [-0.39, 0.29) is 0 Å². The molecule has 2 nitrogen and oxygen atoms in total. The van der Waals surface area contributed by atoms with Gasteiger partial charge in [0, 0.05) is 5.02 Å². The molecule has 3 aromatic rings. The summed E-state index contributed by atoms with van der Waals surface area (Å²) < 4.78 is 5.64. The number of hydrogen-bond donors (Lipinski definition) is 0. The van der Waals surface area contributed by atoms with E-state index < -0.39 is 5.38 Å². The molecule has 18 heavy (non-hydrogen) atoms. The second kappa shape index (κ2) is 4.63. The Labute approximate surface area is 114 Å². The van der Waals surface area contributed by atoms with Crippen molar-refractivity contribution < 1.29 is 4.42 Å². The number of alkyl halides is 1. The molecule has 0 spiro atoms. The van der Waals surface area contributed by atoms with Gasteiger partial charge in [-0.05, 0) is 23.8 Å². The van der Waals surface area contributed by atoms with Gasteiger partial charge in [0.05, 0.1) is 0 Å². The van der Waals surface area contributed by atoms with Crippen LogP contribution in [-0.2, 0) is 0 Å². The van der Waals surface area contributed by atoms with Gasteiger partial charge in [-0.25, -0.2) is 4.98 Å². The molecular formula is C14H9Cl2NO. The van der Waals surface area contributed by atoms with Gasteiger partial charge in [0.15, 0.2) is 5.58 Å². The normalized spacial score (nSPS) is 12.8. The second-order valence-electron chi connectivity index (χ2n) is 3.94. The molecule has 0 aliphatic carbocycles. The average molecular weight is 278 g/mol. The van der Waals surface area contributed by atoms with Crippen molar-refractivity contribution in [2.24, 2.45) is 0 Å². The van der Waals surface area contributed by atoms with Crippen molar-refractivity contribution in [1.82, 2.24) is 4.98 Å². The molecule has 0 aliphatic rings. The Morgan fingerprint density at radius 3 is 2.61 bits per heavy atom. The topological polar surface area (TPSA) is 26.0 Å². The molecule has 0 saturated carbocycles. The van der Waals surface area contributed by atoms with Crippen LogP contribution in [0.15, 0.2) is 52.9 Å². The quantitative estimate of drug-likeness (QED) is 0.629. The highest BCUT2D eigenvalue weighted by Crippen LogP contribution is 2.31. The fraction of sp³-hybridized carbons (Fsp3) is 0.0714. The lowest BCUT2D eigenvalue weighted by Gasteiger charge is -2.04. The minimum atomic E-state index is -0.391. The molecule has 1 atom stereocenters. The number of benzene rings is 2. The molecule has 0 saturated heterocycles. The van der Waals surface area contributed by atoms with Gasteiger partial charge < -0.3 is 4.42 Å². The van der Waals surface area contributed by atoms with Gasteiger partial charge in [0.2, 0.25) is 5.89 Å². The third kappa shape index (κ3) is 2.09. The third-order valence-corrected chi connectivity index (χ3v) is 3.35. The summed E-state index contributed by atoms with van der Waals surface area (Å²) in [6, 6.07) is 15.0. The van der Waals surface area contributed by atoms with Gasteiger partial charge in [0.25, 0.3) is 0 Å². The number of nitrogens with zero attached hydrogens (tertiary/aromatic N) is 1. The van der Waals surface area contributed by atoms with Crippen LogP contribution < -0.4 is 0 Å². The molecule has 3 rings (SSSR count). The Hall–Kier alpha value is -1.51. The van der Waals surface area contributed by atoms with Crippen LogP contribution in [-0.4, -0.2) is 4.98 Å². The average Bonchev–Trinajstić information content (AvgIpc) is 2.81. The summed E-state index contributed by atoms with van der Waals surface area (Å²) in [6.45, 7) is 0. The first-order chi connectivity index (χ1) is 8.74. The van der Waals surface area contributed by atoms with Crippen molar-refractivity contribution >= 4 is 34.3 Å². The lowest BCUT2D eigenvalue weighted by Crippen LogP contribution is -1.92. The summed E-state index contributed by atoms with van der Waals surface area (Å²) in [5.41, 5.74) is 2.37. The van der Waals surface area contributed by atoms with Crippen LogP contribution >= 0.6 is 23.2 Å². The highest BCUT2D eigenvalue weighted by Gasteiger charge is 2.17. The zero-order chi connectivity index (χ0) is 12.5. The Morgan fingerprint density at radius 2 is 1.83 bits per heavy atom. The number of halogens is 2. The molecule has 0 fully saturated rings. The van der Waals surface area contributed by atoms with Gasteiger partial charge >= 0.3 is 0 Å². The van der Waals surface area contributed by atoms with Gasteiger partial charge in [0.1, 0.15) is 10.9 Å². The molecule has 0 N–H and O–H groups in total. The van der Waals surface area contributed by atoms with E-state index in [2.05, 4.69) is 4.98 Å². The smallest absolute Gasteiger partial charge is 0.218 e. The van der Waals surface area contributed by atoms with E-state index in [1.165, 1.54) is 0 Å². The Kier molecular flexibility index (Phi) is 2.98. The molecule has 4 heteroatoms. The minimum Gasteiger partial charge on any atom is -0.439 e. The molecular weight excluding hydrogens is 269 g/mol. The molecule has 1 heterocycles. The zero-order valence-corrected chi connectivity index (χ0v) is 10.8. The zero-order valence-electron chi connectivity index (χ0n) is 9.31. The highest BCUT2D eigenvalue weighted by atomic mass is 35.5. The first kappa shape index (κ1) is 11.6. The fourth-order valence-corrected chi connectivity index (χ4v) is 2.20. The highest BCUT2D eigenvalue weighted by molar-refractivity contribution is 6.31. The van der Waals surface area contributed by atoms with Crippen molar-refractivity contribution in [3.63, 3.8) is 0 Å². The van der Waals surface area contributed by atoms with Gasteiger partial charge in [-0.2, -0.15) is 0 Å². The largest absolute Gasteiger partial charge is 0.439 e. The Morgan fingerprint density at radius 1 is 1.06 bits per heavy atom. The monoisotopic (exact) mass is 277 g/mol.